The molecule has 2 aliphatic carbocycles. The molecule has 0 amide bonds. The van der Waals surface area contributed by atoms with E-state index in [1.807, 2.05) is 0 Å². The number of benzene rings is 4. The van der Waals surface area contributed by atoms with E-state index in [1.165, 1.54) is 55.7 Å². The summed E-state index contributed by atoms with van der Waals surface area (Å²) in [5, 5.41) is 0. The van der Waals surface area contributed by atoms with Crippen LogP contribution in [0.1, 0.15) is 58.1 Å². The van der Waals surface area contributed by atoms with Gasteiger partial charge in [0, 0.05) is 35.0 Å². The van der Waals surface area contributed by atoms with Crippen LogP contribution in [0.5, 0.6) is 0 Å². The zero-order valence-electron chi connectivity index (χ0n) is 22.3. The van der Waals surface area contributed by atoms with Crippen LogP contribution in [0, 0.1) is 0 Å². The third-order valence-corrected chi connectivity index (χ3v) is 9.24. The van der Waals surface area contributed by atoms with Crippen LogP contribution < -0.4 is 0 Å². The molecule has 4 aromatic rings. The summed E-state index contributed by atoms with van der Waals surface area (Å²) in [5.74, 6) is 0.340. The van der Waals surface area contributed by atoms with Crippen molar-refractivity contribution in [2.75, 3.05) is 27.4 Å². The summed E-state index contributed by atoms with van der Waals surface area (Å²) in [6.07, 6.45) is 3.27. The van der Waals surface area contributed by atoms with Gasteiger partial charge in [-0.05, 0) is 99.2 Å². The lowest BCUT2D eigenvalue weighted by Crippen LogP contribution is -2.20. The molecule has 2 aliphatic rings. The van der Waals surface area contributed by atoms with E-state index in [2.05, 4.69) is 117 Å². The number of aryl methyl sites for hydroxylation is 1. The van der Waals surface area contributed by atoms with Gasteiger partial charge in [-0.2, -0.15) is 0 Å². The first-order valence-electron chi connectivity index (χ1n) is 13.6. The average Bonchev–Trinajstić information content (AvgIpc) is 3.05. The Morgan fingerprint density at radius 1 is 0.667 bits per heavy atom. The van der Waals surface area contributed by atoms with Gasteiger partial charge in [0.1, 0.15) is 0 Å². The molecule has 0 spiro atoms. The third-order valence-electron chi connectivity index (χ3n) is 8.26. The predicted molar refractivity (Wildman–Crippen MR) is 168 cm³/mol. The van der Waals surface area contributed by atoms with Gasteiger partial charge in [-0.25, -0.2) is 0 Å². The minimum atomic E-state index is 0.170. The van der Waals surface area contributed by atoms with E-state index in [1.54, 1.807) is 14.2 Å². The largest absolute Gasteiger partial charge is 0.384 e. The van der Waals surface area contributed by atoms with Crippen LogP contribution in [0.2, 0.25) is 0 Å². The lowest BCUT2D eigenvalue weighted by molar-refractivity contribution is 0.127. The Morgan fingerprint density at radius 2 is 1.28 bits per heavy atom. The van der Waals surface area contributed by atoms with Crippen LogP contribution in [0.25, 0.3) is 22.3 Å². The van der Waals surface area contributed by atoms with E-state index in [9.17, 15) is 0 Å². The van der Waals surface area contributed by atoms with Crippen molar-refractivity contribution < 1.29 is 9.47 Å². The van der Waals surface area contributed by atoms with Gasteiger partial charge in [0.25, 0.3) is 0 Å². The van der Waals surface area contributed by atoms with Crippen molar-refractivity contribution in [1.29, 1.82) is 0 Å². The lowest BCUT2D eigenvalue weighted by atomic mass is 9.77. The van der Waals surface area contributed by atoms with Gasteiger partial charge in [0.15, 0.2) is 0 Å². The SMILES string of the molecule is COC[C@H]1c2ccc(Br)cc2C(=C2CCCc3cccc(-c4ccccc4)c32)c2cc(Br)ccc2[C@@H]1COC. The second kappa shape index (κ2) is 11.5. The van der Waals surface area contributed by atoms with Crippen LogP contribution in [-0.4, -0.2) is 27.4 Å². The smallest absolute Gasteiger partial charge is 0.0537 e. The van der Waals surface area contributed by atoms with Crippen molar-refractivity contribution in [1.82, 2.24) is 0 Å². The number of halogens is 2. The lowest BCUT2D eigenvalue weighted by Gasteiger charge is -2.27. The van der Waals surface area contributed by atoms with E-state index in [0.29, 0.717) is 13.2 Å². The Balaban J connectivity index is 1.75. The molecule has 39 heavy (non-hydrogen) atoms. The number of fused-ring (bicyclic) bond motifs is 3. The first-order valence-corrected chi connectivity index (χ1v) is 15.2. The molecule has 4 aromatic carbocycles. The van der Waals surface area contributed by atoms with Crippen molar-refractivity contribution in [3.63, 3.8) is 0 Å². The average molecular weight is 644 g/mol. The van der Waals surface area contributed by atoms with Crippen LogP contribution in [0.15, 0.2) is 93.9 Å². The number of ether oxygens (including phenoxy) is 2. The highest BCUT2D eigenvalue weighted by Crippen LogP contribution is 2.51. The maximum Gasteiger partial charge on any atom is 0.0537 e. The molecule has 0 aliphatic heterocycles. The molecule has 0 radical (unpaired) electrons. The number of allylic oxidation sites excluding steroid dienone is 1. The molecule has 0 saturated heterocycles. The van der Waals surface area contributed by atoms with Gasteiger partial charge in [0.05, 0.1) is 13.2 Å². The second-order valence-electron chi connectivity index (χ2n) is 10.5. The maximum absolute atomic E-state index is 5.86. The maximum atomic E-state index is 5.86. The van der Waals surface area contributed by atoms with Crippen LogP contribution in [-0.2, 0) is 15.9 Å². The molecule has 0 saturated carbocycles. The summed E-state index contributed by atoms with van der Waals surface area (Å²) >= 11 is 7.64. The Hall–Kier alpha value is -2.50. The second-order valence-corrected chi connectivity index (χ2v) is 12.3. The molecule has 0 unspecified atom stereocenters. The Kier molecular flexibility index (Phi) is 7.91. The summed E-state index contributed by atoms with van der Waals surface area (Å²) in [4.78, 5) is 0. The number of rotatable bonds is 5. The molecule has 2 atom stereocenters. The van der Waals surface area contributed by atoms with Gasteiger partial charge < -0.3 is 9.47 Å². The quantitative estimate of drug-likeness (QED) is 0.216. The fourth-order valence-corrected chi connectivity index (χ4v) is 7.39. The number of methoxy groups -OCH3 is 2. The molecule has 0 bridgehead atoms. The summed E-state index contributed by atoms with van der Waals surface area (Å²) in [5.41, 5.74) is 13.4. The minimum absolute atomic E-state index is 0.170. The summed E-state index contributed by atoms with van der Waals surface area (Å²) in [6.45, 7) is 1.26. The Morgan fingerprint density at radius 3 is 1.87 bits per heavy atom. The molecule has 4 heteroatoms. The van der Waals surface area contributed by atoms with Gasteiger partial charge >= 0.3 is 0 Å². The molecule has 0 heterocycles. The van der Waals surface area contributed by atoms with Crippen molar-refractivity contribution in [2.45, 2.75) is 31.1 Å². The standard InChI is InChI=1S/C35H32Br2O2/c1-38-20-32-27-16-14-24(36)18-30(27)35(31-19-25(37)15-17-28(31)33(32)21-39-2)29-13-7-11-23-10-6-12-26(34(23)29)22-8-4-3-5-9-22/h3-6,8-10,12,14-19,32-33H,7,11,13,20-21H2,1-2H3/t32-,33-/m0/s1. The summed E-state index contributed by atoms with van der Waals surface area (Å²) in [6, 6.07) is 31.2. The van der Waals surface area contributed by atoms with E-state index >= 15 is 0 Å². The van der Waals surface area contributed by atoms with Crippen LogP contribution in [0.3, 0.4) is 0 Å². The van der Waals surface area contributed by atoms with E-state index in [0.717, 1.165) is 28.2 Å². The zero-order valence-corrected chi connectivity index (χ0v) is 25.5. The van der Waals surface area contributed by atoms with Crippen molar-refractivity contribution in [3.05, 3.63) is 127 Å². The molecule has 6 rings (SSSR count). The van der Waals surface area contributed by atoms with Gasteiger partial charge in [-0.15, -0.1) is 0 Å². The minimum Gasteiger partial charge on any atom is -0.384 e. The van der Waals surface area contributed by atoms with E-state index in [4.69, 9.17) is 9.47 Å². The van der Waals surface area contributed by atoms with Crippen LogP contribution >= 0.6 is 31.9 Å². The van der Waals surface area contributed by atoms with E-state index in [-0.39, 0.29) is 11.8 Å². The monoisotopic (exact) mass is 642 g/mol. The fourth-order valence-electron chi connectivity index (χ4n) is 6.67. The normalized spacial score (nSPS) is 18.3. The topological polar surface area (TPSA) is 18.5 Å². The summed E-state index contributed by atoms with van der Waals surface area (Å²) < 4.78 is 13.9. The van der Waals surface area contributed by atoms with Gasteiger partial charge in [-0.3, -0.25) is 0 Å². The first kappa shape index (κ1) is 26.7. The molecule has 198 valence electrons. The van der Waals surface area contributed by atoms with Gasteiger partial charge in [0.2, 0.25) is 0 Å². The predicted octanol–water partition coefficient (Wildman–Crippen LogP) is 9.65. The van der Waals surface area contributed by atoms with Crippen LogP contribution in [0.4, 0.5) is 0 Å². The number of hydrogen-bond acceptors (Lipinski definition) is 2. The third kappa shape index (κ3) is 4.97. The summed E-state index contributed by atoms with van der Waals surface area (Å²) in [7, 11) is 3.61. The molecular weight excluding hydrogens is 612 g/mol. The van der Waals surface area contributed by atoms with Crippen molar-refractivity contribution >= 4 is 43.0 Å². The van der Waals surface area contributed by atoms with E-state index < -0.39 is 0 Å². The Bertz CT molecular complexity index is 1480. The van der Waals surface area contributed by atoms with Crippen molar-refractivity contribution in [2.24, 2.45) is 0 Å². The highest BCUT2D eigenvalue weighted by molar-refractivity contribution is 9.10. The highest BCUT2D eigenvalue weighted by Gasteiger charge is 2.36. The molecule has 2 nitrogen and oxygen atoms in total. The molecule has 0 aromatic heterocycles. The van der Waals surface area contributed by atoms with Crippen molar-refractivity contribution in [3.8, 4) is 11.1 Å². The fraction of sp³-hybridized carbons (Fsp3) is 0.257. The zero-order chi connectivity index (χ0) is 26.9. The first-order chi connectivity index (χ1) is 19.1. The highest BCUT2D eigenvalue weighted by atomic mass is 79.9. The number of hydrogen-bond donors (Lipinski definition) is 0. The van der Waals surface area contributed by atoms with Gasteiger partial charge in [-0.1, -0.05) is 92.5 Å². The molecular formula is C35H32Br2O2. The Labute approximate surface area is 248 Å². The molecule has 0 N–H and O–H groups in total. The molecule has 0 fully saturated rings.